The van der Waals surface area contributed by atoms with Crippen molar-refractivity contribution in [2.75, 3.05) is 6.61 Å². The molecule has 0 aromatic carbocycles. The van der Waals surface area contributed by atoms with Crippen molar-refractivity contribution in [3.63, 3.8) is 0 Å². The highest BCUT2D eigenvalue weighted by Crippen LogP contribution is 2.08. The Balaban J connectivity index is 2.33. The van der Waals surface area contributed by atoms with Crippen molar-refractivity contribution in [2.45, 2.75) is 32.4 Å². The molecule has 0 aliphatic rings. The van der Waals surface area contributed by atoms with Crippen molar-refractivity contribution in [3.8, 4) is 0 Å². The molecule has 0 saturated heterocycles. The van der Waals surface area contributed by atoms with Gasteiger partial charge in [0.05, 0.1) is 12.1 Å². The van der Waals surface area contributed by atoms with Gasteiger partial charge in [0.2, 0.25) is 0 Å². The van der Waals surface area contributed by atoms with Crippen LogP contribution in [0.4, 0.5) is 0 Å². The van der Waals surface area contributed by atoms with Crippen LogP contribution in [0.3, 0.4) is 0 Å². The molecule has 0 aliphatic carbocycles. The summed E-state index contributed by atoms with van der Waals surface area (Å²) in [5.74, 6) is -0.378. The van der Waals surface area contributed by atoms with E-state index in [1.807, 2.05) is 6.92 Å². The van der Waals surface area contributed by atoms with E-state index >= 15 is 0 Å². The first-order chi connectivity index (χ1) is 7.63. The molecule has 1 rings (SSSR count). The number of hydrogen-bond acceptors (Lipinski definition) is 4. The van der Waals surface area contributed by atoms with Gasteiger partial charge in [0.1, 0.15) is 12.0 Å². The molecular formula is C11H17NO4. The molecule has 0 saturated carbocycles. The second-order valence-electron chi connectivity index (χ2n) is 3.75. The third-order valence-corrected chi connectivity index (χ3v) is 2.32. The number of aliphatic hydroxyl groups excluding tert-OH is 1. The second-order valence-corrected chi connectivity index (χ2v) is 3.75. The van der Waals surface area contributed by atoms with Crippen LogP contribution < -0.4 is 5.32 Å². The molecule has 1 aromatic rings. The van der Waals surface area contributed by atoms with Crippen LogP contribution in [-0.4, -0.2) is 28.8 Å². The summed E-state index contributed by atoms with van der Waals surface area (Å²) in [6.07, 6.45) is 2.87. The van der Waals surface area contributed by atoms with E-state index in [-0.39, 0.29) is 18.2 Å². The van der Waals surface area contributed by atoms with Crippen LogP contribution in [0.25, 0.3) is 0 Å². The standard InChI is InChI=1S/C11H17NO4/c1-8(3-2-4-13)12-6-10-5-9(7-16-10)11(14)15/h5,7-8,12-13H,2-4,6H2,1H3,(H,14,15). The average Bonchev–Trinajstić information content (AvgIpc) is 2.72. The average molecular weight is 227 g/mol. The van der Waals surface area contributed by atoms with Crippen LogP contribution in [0.2, 0.25) is 0 Å². The van der Waals surface area contributed by atoms with Crippen LogP contribution in [0.5, 0.6) is 0 Å². The topological polar surface area (TPSA) is 82.7 Å². The van der Waals surface area contributed by atoms with Crippen molar-refractivity contribution >= 4 is 5.97 Å². The van der Waals surface area contributed by atoms with Crippen LogP contribution in [0.15, 0.2) is 16.7 Å². The van der Waals surface area contributed by atoms with Gasteiger partial charge in [0, 0.05) is 12.6 Å². The monoisotopic (exact) mass is 227 g/mol. The van der Waals surface area contributed by atoms with Crippen molar-refractivity contribution in [1.29, 1.82) is 0 Å². The second kappa shape index (κ2) is 6.30. The zero-order chi connectivity index (χ0) is 12.0. The van der Waals surface area contributed by atoms with Gasteiger partial charge in [-0.1, -0.05) is 0 Å². The Morgan fingerprint density at radius 1 is 1.62 bits per heavy atom. The summed E-state index contributed by atoms with van der Waals surface area (Å²) in [4.78, 5) is 10.6. The number of carboxylic acids is 1. The first kappa shape index (κ1) is 12.7. The molecule has 0 aliphatic heterocycles. The SMILES string of the molecule is CC(CCCO)NCc1cc(C(=O)O)co1. The van der Waals surface area contributed by atoms with Gasteiger partial charge in [0.15, 0.2) is 0 Å². The molecule has 0 amide bonds. The number of rotatable bonds is 7. The molecule has 1 heterocycles. The van der Waals surface area contributed by atoms with Gasteiger partial charge in [-0.25, -0.2) is 4.79 Å². The van der Waals surface area contributed by atoms with Crippen LogP contribution >= 0.6 is 0 Å². The predicted molar refractivity (Wildman–Crippen MR) is 58.3 cm³/mol. The molecule has 1 unspecified atom stereocenters. The Labute approximate surface area is 94.1 Å². The largest absolute Gasteiger partial charge is 0.478 e. The fraction of sp³-hybridized carbons (Fsp3) is 0.545. The third-order valence-electron chi connectivity index (χ3n) is 2.32. The van der Waals surface area contributed by atoms with Crippen molar-refractivity contribution in [3.05, 3.63) is 23.7 Å². The van der Waals surface area contributed by atoms with E-state index in [0.717, 1.165) is 12.8 Å². The number of aliphatic hydroxyl groups is 1. The lowest BCUT2D eigenvalue weighted by Crippen LogP contribution is -2.25. The fourth-order valence-corrected chi connectivity index (χ4v) is 1.36. The van der Waals surface area contributed by atoms with Crippen molar-refractivity contribution in [1.82, 2.24) is 5.32 Å². The number of nitrogens with one attached hydrogen (secondary N) is 1. The quantitative estimate of drug-likeness (QED) is 0.652. The van der Waals surface area contributed by atoms with E-state index in [1.54, 1.807) is 0 Å². The Morgan fingerprint density at radius 2 is 2.38 bits per heavy atom. The molecule has 0 fully saturated rings. The molecule has 0 bridgehead atoms. The molecule has 1 atom stereocenters. The minimum absolute atomic E-state index is 0.166. The molecule has 5 heteroatoms. The summed E-state index contributed by atoms with van der Waals surface area (Å²) in [5, 5.41) is 20.5. The Morgan fingerprint density at radius 3 is 2.94 bits per heavy atom. The van der Waals surface area contributed by atoms with Crippen molar-refractivity contribution in [2.24, 2.45) is 0 Å². The summed E-state index contributed by atoms with van der Waals surface area (Å²) in [6.45, 7) is 2.70. The molecule has 90 valence electrons. The van der Waals surface area contributed by atoms with Gasteiger partial charge in [0.25, 0.3) is 0 Å². The summed E-state index contributed by atoms with van der Waals surface area (Å²) in [6, 6.07) is 1.78. The summed E-state index contributed by atoms with van der Waals surface area (Å²) < 4.78 is 5.09. The van der Waals surface area contributed by atoms with E-state index in [1.165, 1.54) is 12.3 Å². The number of carbonyl (C=O) groups is 1. The first-order valence-corrected chi connectivity index (χ1v) is 5.28. The minimum Gasteiger partial charge on any atom is -0.478 e. The lowest BCUT2D eigenvalue weighted by molar-refractivity contribution is 0.0696. The van der Waals surface area contributed by atoms with E-state index in [2.05, 4.69) is 5.32 Å². The maximum absolute atomic E-state index is 10.6. The number of aromatic carboxylic acids is 1. The van der Waals surface area contributed by atoms with Gasteiger partial charge < -0.3 is 19.9 Å². The summed E-state index contributed by atoms with van der Waals surface area (Å²) >= 11 is 0. The highest BCUT2D eigenvalue weighted by atomic mass is 16.4. The highest BCUT2D eigenvalue weighted by molar-refractivity contribution is 5.87. The van der Waals surface area contributed by atoms with Crippen LogP contribution in [-0.2, 0) is 6.54 Å². The normalized spacial score (nSPS) is 12.6. The molecule has 1 aromatic heterocycles. The van der Waals surface area contributed by atoms with Gasteiger partial charge in [-0.15, -0.1) is 0 Å². The number of hydrogen-bond donors (Lipinski definition) is 3. The van der Waals surface area contributed by atoms with Gasteiger partial charge >= 0.3 is 5.97 Å². The van der Waals surface area contributed by atoms with Gasteiger partial charge in [-0.3, -0.25) is 0 Å². The van der Waals surface area contributed by atoms with E-state index in [9.17, 15) is 4.79 Å². The van der Waals surface area contributed by atoms with E-state index in [0.29, 0.717) is 12.3 Å². The fourth-order valence-electron chi connectivity index (χ4n) is 1.36. The van der Waals surface area contributed by atoms with Gasteiger partial charge in [-0.05, 0) is 25.8 Å². The number of furan rings is 1. The van der Waals surface area contributed by atoms with Crippen LogP contribution in [0.1, 0.15) is 35.9 Å². The Kier molecular flexibility index (Phi) is 5.01. The maximum atomic E-state index is 10.6. The Bertz CT molecular complexity index is 334. The van der Waals surface area contributed by atoms with Crippen LogP contribution in [0, 0.1) is 0 Å². The van der Waals surface area contributed by atoms with Gasteiger partial charge in [-0.2, -0.15) is 0 Å². The smallest absolute Gasteiger partial charge is 0.338 e. The highest BCUT2D eigenvalue weighted by Gasteiger charge is 2.08. The predicted octanol–water partition coefficient (Wildman–Crippen LogP) is 1.23. The maximum Gasteiger partial charge on any atom is 0.338 e. The third kappa shape index (κ3) is 4.04. The first-order valence-electron chi connectivity index (χ1n) is 5.28. The molecule has 0 spiro atoms. The summed E-state index contributed by atoms with van der Waals surface area (Å²) in [5.41, 5.74) is 0.166. The molecular weight excluding hydrogens is 210 g/mol. The molecule has 3 N–H and O–H groups in total. The van der Waals surface area contributed by atoms with E-state index in [4.69, 9.17) is 14.6 Å². The molecule has 0 radical (unpaired) electrons. The lowest BCUT2D eigenvalue weighted by atomic mass is 10.2. The lowest BCUT2D eigenvalue weighted by Gasteiger charge is -2.11. The number of carboxylic acid groups (broad SMARTS) is 1. The Hall–Kier alpha value is -1.33. The molecule has 16 heavy (non-hydrogen) atoms. The minimum atomic E-state index is -0.983. The summed E-state index contributed by atoms with van der Waals surface area (Å²) in [7, 11) is 0. The molecule has 5 nitrogen and oxygen atoms in total. The zero-order valence-corrected chi connectivity index (χ0v) is 9.27. The van der Waals surface area contributed by atoms with Crippen molar-refractivity contribution < 1.29 is 19.4 Å². The zero-order valence-electron chi connectivity index (χ0n) is 9.27. The van der Waals surface area contributed by atoms with E-state index < -0.39 is 5.97 Å².